The Hall–Kier alpha value is -1.73. The maximum absolute atomic E-state index is 13.1. The van der Waals surface area contributed by atoms with Gasteiger partial charge in [-0.2, -0.15) is 0 Å². The molecule has 1 amide bonds. The van der Waals surface area contributed by atoms with Crippen LogP contribution in [0.1, 0.15) is 67.4 Å². The molecule has 2 rings (SSSR count). The van der Waals surface area contributed by atoms with Crippen LogP contribution in [-0.2, 0) is 25.1 Å². The zero-order chi connectivity index (χ0) is 24.4. The van der Waals surface area contributed by atoms with Crippen LogP contribution in [0.4, 0.5) is 4.79 Å². The average molecular weight is 468 g/mol. The molecule has 0 radical (unpaired) electrons. The summed E-state index contributed by atoms with van der Waals surface area (Å²) in [6, 6.07) is 9.28. The molecule has 1 heterocycles. The van der Waals surface area contributed by atoms with Crippen molar-refractivity contribution in [2.24, 2.45) is 0 Å². The average Bonchev–Trinajstić information content (AvgIpc) is 2.66. The number of nitrogens with zero attached hydrogens (tertiary/aromatic N) is 1. The van der Waals surface area contributed by atoms with Crippen molar-refractivity contribution in [3.63, 3.8) is 0 Å². The maximum atomic E-state index is 13.1. The van der Waals surface area contributed by atoms with E-state index in [2.05, 4.69) is 34.0 Å². The van der Waals surface area contributed by atoms with Crippen LogP contribution in [0.25, 0.3) is 0 Å². The molecule has 1 aromatic carbocycles. The number of likely N-dealkylation sites (tertiary alicyclic amines) is 1. The monoisotopic (exact) mass is 467 g/mol. The van der Waals surface area contributed by atoms with Crippen molar-refractivity contribution in [1.29, 1.82) is 0 Å². The summed E-state index contributed by atoms with van der Waals surface area (Å²) in [5.74, 6) is 0.497. The molecule has 1 aliphatic rings. The molecule has 1 aromatic rings. The van der Waals surface area contributed by atoms with Gasteiger partial charge >= 0.3 is 12.1 Å². The SMILES string of the molecule is CCS(C)(OC[C@@H]1C[C@@](C)(C(=O)OCc2ccccc2)N1C(=O)OC(C)(C)C)C(C)(C)C. The summed E-state index contributed by atoms with van der Waals surface area (Å²) in [6.45, 7) is 16.4. The Balaban J connectivity index is 2.16. The van der Waals surface area contributed by atoms with Crippen LogP contribution < -0.4 is 0 Å². The first-order chi connectivity index (χ1) is 14.6. The van der Waals surface area contributed by atoms with Gasteiger partial charge in [0.1, 0.15) is 17.7 Å². The second-order valence-electron chi connectivity index (χ2n) is 10.7. The molecule has 0 N–H and O–H groups in total. The molecule has 1 aliphatic heterocycles. The lowest BCUT2D eigenvalue weighted by atomic mass is 9.80. The highest BCUT2D eigenvalue weighted by Gasteiger charge is 2.58. The molecule has 1 saturated heterocycles. The predicted octanol–water partition coefficient (Wildman–Crippen LogP) is 5.68. The summed E-state index contributed by atoms with van der Waals surface area (Å²) in [4.78, 5) is 27.7. The molecule has 3 atom stereocenters. The molecule has 6 nitrogen and oxygen atoms in total. The third-order valence-corrected chi connectivity index (χ3v) is 10.5. The summed E-state index contributed by atoms with van der Waals surface area (Å²) in [5.41, 5.74) is -0.841. The van der Waals surface area contributed by atoms with Crippen LogP contribution in [0.15, 0.2) is 30.3 Å². The minimum absolute atomic E-state index is 0.0141. The highest BCUT2D eigenvalue weighted by Crippen LogP contribution is 2.57. The fraction of sp³-hybridized carbons (Fsp3) is 0.680. The number of carbonyl (C=O) groups excluding carboxylic acids is 2. The van der Waals surface area contributed by atoms with E-state index in [9.17, 15) is 9.59 Å². The standard InChI is InChI=1S/C25H41NO5S/c1-10-32(9,24(5,6)7)30-18-20-16-25(8,26(20)22(28)31-23(2,3)4)21(27)29-17-19-14-12-11-13-15-19/h11-15,20H,10,16-18H2,1-9H3/t20-,25-/m0/s1. The lowest BCUT2D eigenvalue weighted by molar-refractivity contribution is -0.174. The molecule has 1 unspecified atom stereocenters. The molecular formula is C25H41NO5S. The summed E-state index contributed by atoms with van der Waals surface area (Å²) in [5, 5.41) is 0. The van der Waals surface area contributed by atoms with Gasteiger partial charge < -0.3 is 13.7 Å². The van der Waals surface area contributed by atoms with Crippen LogP contribution in [0.2, 0.25) is 0 Å². The van der Waals surface area contributed by atoms with E-state index >= 15 is 0 Å². The molecule has 7 heteroatoms. The fourth-order valence-electron chi connectivity index (χ4n) is 3.72. The van der Waals surface area contributed by atoms with Gasteiger partial charge in [0.25, 0.3) is 0 Å². The van der Waals surface area contributed by atoms with Gasteiger partial charge in [0.05, 0.1) is 12.6 Å². The second kappa shape index (κ2) is 9.64. The number of benzene rings is 1. The number of carbonyl (C=O) groups is 2. The Kier molecular flexibility index (Phi) is 7.99. The third kappa shape index (κ3) is 5.98. The maximum Gasteiger partial charge on any atom is 0.411 e. The Morgan fingerprint density at radius 2 is 1.72 bits per heavy atom. The van der Waals surface area contributed by atoms with Gasteiger partial charge in [-0.3, -0.25) is 4.90 Å². The molecule has 0 aliphatic carbocycles. The van der Waals surface area contributed by atoms with E-state index in [0.717, 1.165) is 11.3 Å². The van der Waals surface area contributed by atoms with Gasteiger partial charge in [-0.05, 0) is 45.3 Å². The van der Waals surface area contributed by atoms with Crippen molar-refractivity contribution in [3.8, 4) is 0 Å². The van der Waals surface area contributed by atoms with E-state index in [4.69, 9.17) is 13.7 Å². The number of amides is 1. The van der Waals surface area contributed by atoms with Crippen LogP contribution in [0, 0.1) is 0 Å². The number of rotatable bonds is 7. The van der Waals surface area contributed by atoms with Crippen molar-refractivity contribution in [2.75, 3.05) is 18.6 Å². The van der Waals surface area contributed by atoms with E-state index < -0.39 is 33.5 Å². The van der Waals surface area contributed by atoms with E-state index in [0.29, 0.717) is 13.0 Å². The minimum atomic E-state index is -1.35. The molecule has 0 saturated carbocycles. The van der Waals surface area contributed by atoms with Gasteiger partial charge in [0.15, 0.2) is 0 Å². The van der Waals surface area contributed by atoms with Crippen LogP contribution in [0.3, 0.4) is 0 Å². The van der Waals surface area contributed by atoms with Crippen molar-refractivity contribution < 1.29 is 23.2 Å². The van der Waals surface area contributed by atoms with Crippen molar-refractivity contribution in [3.05, 3.63) is 35.9 Å². The summed E-state index contributed by atoms with van der Waals surface area (Å²) >= 11 is 0. The minimum Gasteiger partial charge on any atom is -0.459 e. The molecule has 32 heavy (non-hydrogen) atoms. The largest absolute Gasteiger partial charge is 0.459 e. The predicted molar refractivity (Wildman–Crippen MR) is 131 cm³/mol. The summed E-state index contributed by atoms with van der Waals surface area (Å²) < 4.78 is 17.7. The van der Waals surface area contributed by atoms with Crippen LogP contribution in [-0.4, -0.2) is 57.5 Å². The van der Waals surface area contributed by atoms with Gasteiger partial charge in [-0.1, -0.05) is 58.0 Å². The van der Waals surface area contributed by atoms with Gasteiger partial charge in [0, 0.05) is 11.2 Å². The molecule has 182 valence electrons. The topological polar surface area (TPSA) is 65.1 Å². The highest BCUT2D eigenvalue weighted by atomic mass is 32.3. The van der Waals surface area contributed by atoms with Gasteiger partial charge in [-0.25, -0.2) is 9.59 Å². The summed E-state index contributed by atoms with van der Waals surface area (Å²) in [6.07, 6.45) is 2.14. The molecule has 1 fully saturated rings. The Morgan fingerprint density at radius 3 is 2.22 bits per heavy atom. The van der Waals surface area contributed by atoms with Crippen molar-refractivity contribution in [1.82, 2.24) is 4.90 Å². The molecule has 0 aromatic heterocycles. The first-order valence-corrected chi connectivity index (χ1v) is 13.4. The fourth-order valence-corrected chi connectivity index (χ4v) is 5.56. The lowest BCUT2D eigenvalue weighted by Crippen LogP contribution is -2.72. The van der Waals surface area contributed by atoms with Gasteiger partial charge in [-0.15, -0.1) is 10.3 Å². The number of esters is 1. The zero-order valence-electron chi connectivity index (χ0n) is 21.2. The first kappa shape index (κ1) is 26.5. The Bertz CT molecular complexity index is 801. The second-order valence-corrected chi connectivity index (χ2v) is 14.8. The first-order valence-electron chi connectivity index (χ1n) is 11.3. The Labute approximate surface area is 195 Å². The number of hydrogen-bond acceptors (Lipinski definition) is 5. The van der Waals surface area contributed by atoms with E-state index in [1.807, 2.05) is 51.1 Å². The van der Waals surface area contributed by atoms with Crippen LogP contribution >= 0.6 is 10.3 Å². The number of hydrogen-bond donors (Lipinski definition) is 0. The zero-order valence-corrected chi connectivity index (χ0v) is 22.0. The van der Waals surface area contributed by atoms with E-state index in [-0.39, 0.29) is 17.4 Å². The van der Waals surface area contributed by atoms with E-state index in [1.54, 1.807) is 6.92 Å². The normalized spacial score (nSPS) is 24.2. The smallest absolute Gasteiger partial charge is 0.411 e. The van der Waals surface area contributed by atoms with Crippen molar-refractivity contribution >= 4 is 22.4 Å². The van der Waals surface area contributed by atoms with Crippen molar-refractivity contribution in [2.45, 2.75) is 90.3 Å². The Morgan fingerprint density at radius 1 is 1.12 bits per heavy atom. The molecule has 0 spiro atoms. The lowest BCUT2D eigenvalue weighted by Gasteiger charge is -2.55. The van der Waals surface area contributed by atoms with E-state index in [1.165, 1.54) is 4.90 Å². The van der Waals surface area contributed by atoms with Gasteiger partial charge in [0.2, 0.25) is 0 Å². The third-order valence-electron chi connectivity index (χ3n) is 6.14. The number of ether oxygens (including phenoxy) is 2. The highest BCUT2D eigenvalue weighted by molar-refractivity contribution is 8.30. The quantitative estimate of drug-likeness (QED) is 0.483. The molecular weight excluding hydrogens is 426 g/mol. The summed E-state index contributed by atoms with van der Waals surface area (Å²) in [7, 11) is -1.35. The van der Waals surface area contributed by atoms with Crippen LogP contribution in [0.5, 0.6) is 0 Å². The molecule has 0 bridgehead atoms.